The van der Waals surface area contributed by atoms with Crippen LogP contribution in [0.4, 0.5) is 0 Å². The number of piperazine rings is 1. The largest absolute Gasteiger partial charge is 0.497 e. The van der Waals surface area contributed by atoms with Crippen molar-refractivity contribution in [3.8, 4) is 5.75 Å². The van der Waals surface area contributed by atoms with E-state index < -0.39 is 0 Å². The lowest BCUT2D eigenvalue weighted by Crippen LogP contribution is -2.58. The van der Waals surface area contributed by atoms with Gasteiger partial charge >= 0.3 is 0 Å². The fourth-order valence-corrected chi connectivity index (χ4v) is 5.54. The number of hydrogen-bond donors (Lipinski definition) is 3. The number of benzene rings is 2. The molecule has 2 fully saturated rings. The molecule has 2 aliphatic heterocycles. The van der Waals surface area contributed by atoms with Gasteiger partial charge in [0, 0.05) is 68.8 Å². The molecule has 0 aliphatic carbocycles. The molecule has 3 N–H and O–H groups in total. The van der Waals surface area contributed by atoms with Gasteiger partial charge in [-0.15, -0.1) is 0 Å². The Morgan fingerprint density at radius 3 is 2.75 bits per heavy atom. The molecule has 0 radical (unpaired) electrons. The summed E-state index contributed by atoms with van der Waals surface area (Å²) in [7, 11) is 3.71. The molecule has 3 heterocycles. The molecule has 2 saturated heterocycles. The van der Waals surface area contributed by atoms with Crippen molar-refractivity contribution < 1.29 is 14.3 Å². The second kappa shape index (κ2) is 10.7. The lowest BCUT2D eigenvalue weighted by atomic mass is 10.0. The first-order chi connectivity index (χ1) is 17.5. The molecular weight excluding hydrogens is 454 g/mol. The number of carbonyl (C=O) groups is 2. The van der Waals surface area contributed by atoms with E-state index in [0.717, 1.165) is 37.2 Å². The standard InChI is InChI=1S/C28H35N5O3/c1-32-17-20(24-5-3-4-6-25(24)32)15-29-21-13-26-28(35)31-16-22(33(26)18-21)9-12-27(34)30-14-19-7-10-23(36-2)11-8-19/h3-8,10-11,17,21-22,26,29H,9,12-16,18H2,1-2H3,(H,30,34)(H,31,35)/t21-,22-,26-/m1/s1. The van der Waals surface area contributed by atoms with Gasteiger partial charge in [0.1, 0.15) is 5.75 Å². The smallest absolute Gasteiger partial charge is 0.237 e. The van der Waals surface area contributed by atoms with Gasteiger partial charge in [0.05, 0.1) is 13.2 Å². The summed E-state index contributed by atoms with van der Waals surface area (Å²) in [6.45, 7) is 2.68. The maximum absolute atomic E-state index is 12.6. The highest BCUT2D eigenvalue weighted by Gasteiger charge is 2.43. The van der Waals surface area contributed by atoms with E-state index in [1.165, 1.54) is 16.5 Å². The Hall–Kier alpha value is -3.36. The highest BCUT2D eigenvalue weighted by Crippen LogP contribution is 2.27. The summed E-state index contributed by atoms with van der Waals surface area (Å²) in [6.07, 6.45) is 4.13. The van der Waals surface area contributed by atoms with E-state index in [1.54, 1.807) is 7.11 Å². The van der Waals surface area contributed by atoms with E-state index in [0.29, 0.717) is 19.5 Å². The van der Waals surface area contributed by atoms with Crippen LogP contribution in [0.1, 0.15) is 30.4 Å². The Labute approximate surface area is 212 Å². The second-order valence-corrected chi connectivity index (χ2v) is 9.87. The molecule has 36 heavy (non-hydrogen) atoms. The minimum atomic E-state index is -0.129. The third-order valence-corrected chi connectivity index (χ3v) is 7.54. The number of nitrogens with zero attached hydrogens (tertiary/aromatic N) is 2. The Balaban J connectivity index is 1.13. The molecule has 0 unspecified atom stereocenters. The van der Waals surface area contributed by atoms with E-state index in [1.807, 2.05) is 24.3 Å². The normalized spacial score (nSPS) is 21.8. The fourth-order valence-electron chi connectivity index (χ4n) is 5.54. The van der Waals surface area contributed by atoms with Crippen LogP contribution in [0, 0.1) is 0 Å². The van der Waals surface area contributed by atoms with E-state index in [-0.39, 0.29) is 29.9 Å². The third-order valence-electron chi connectivity index (χ3n) is 7.54. The summed E-state index contributed by atoms with van der Waals surface area (Å²) in [4.78, 5) is 27.4. The van der Waals surface area contributed by atoms with Crippen LogP contribution in [0.25, 0.3) is 10.9 Å². The molecule has 2 aliphatic rings. The maximum Gasteiger partial charge on any atom is 0.237 e. The first kappa shape index (κ1) is 24.3. The van der Waals surface area contributed by atoms with Crippen molar-refractivity contribution >= 4 is 22.7 Å². The number of nitrogens with one attached hydrogen (secondary N) is 3. The van der Waals surface area contributed by atoms with Gasteiger partial charge in [0.2, 0.25) is 11.8 Å². The number of amides is 2. The average molecular weight is 490 g/mol. The summed E-state index contributed by atoms with van der Waals surface area (Å²) >= 11 is 0. The number of rotatable bonds is 9. The number of hydrogen-bond acceptors (Lipinski definition) is 5. The summed E-state index contributed by atoms with van der Waals surface area (Å²) in [6, 6.07) is 16.4. The minimum Gasteiger partial charge on any atom is -0.497 e. The van der Waals surface area contributed by atoms with Crippen LogP contribution >= 0.6 is 0 Å². The monoisotopic (exact) mass is 489 g/mol. The van der Waals surface area contributed by atoms with E-state index in [2.05, 4.69) is 62.9 Å². The quantitative estimate of drug-likeness (QED) is 0.430. The average Bonchev–Trinajstić information content (AvgIpc) is 3.48. The minimum absolute atomic E-state index is 0.0316. The first-order valence-electron chi connectivity index (χ1n) is 12.7. The lowest BCUT2D eigenvalue weighted by Gasteiger charge is -2.37. The zero-order valence-electron chi connectivity index (χ0n) is 21.0. The van der Waals surface area contributed by atoms with E-state index in [9.17, 15) is 9.59 Å². The topological polar surface area (TPSA) is 87.6 Å². The van der Waals surface area contributed by atoms with Gasteiger partial charge in [0.25, 0.3) is 0 Å². The zero-order valence-corrected chi connectivity index (χ0v) is 21.0. The van der Waals surface area contributed by atoms with Gasteiger partial charge in [-0.05, 0) is 42.2 Å². The van der Waals surface area contributed by atoms with Crippen molar-refractivity contribution in [2.24, 2.45) is 7.05 Å². The fraction of sp³-hybridized carbons (Fsp3) is 0.429. The number of carbonyl (C=O) groups excluding carboxylic acids is 2. The molecule has 0 spiro atoms. The van der Waals surface area contributed by atoms with Gasteiger partial charge in [-0.1, -0.05) is 30.3 Å². The Morgan fingerprint density at radius 2 is 1.94 bits per heavy atom. The molecule has 8 nitrogen and oxygen atoms in total. The van der Waals surface area contributed by atoms with Crippen LogP contribution in [0.5, 0.6) is 5.75 Å². The van der Waals surface area contributed by atoms with Crippen molar-refractivity contribution in [1.29, 1.82) is 0 Å². The Kier molecular flexibility index (Phi) is 7.25. The van der Waals surface area contributed by atoms with Crippen molar-refractivity contribution in [2.75, 3.05) is 20.2 Å². The first-order valence-corrected chi connectivity index (χ1v) is 12.7. The van der Waals surface area contributed by atoms with Crippen molar-refractivity contribution in [3.63, 3.8) is 0 Å². The molecule has 2 aromatic carbocycles. The summed E-state index contributed by atoms with van der Waals surface area (Å²) < 4.78 is 7.34. The molecule has 1 aromatic heterocycles. The molecular formula is C28H35N5O3. The number of aromatic nitrogens is 1. The number of ether oxygens (including phenoxy) is 1. The lowest BCUT2D eigenvalue weighted by molar-refractivity contribution is -0.129. The van der Waals surface area contributed by atoms with Crippen molar-refractivity contribution in [2.45, 2.75) is 50.5 Å². The summed E-state index contributed by atoms with van der Waals surface area (Å²) in [5, 5.41) is 11.0. The van der Waals surface area contributed by atoms with Crippen LogP contribution in [0.3, 0.4) is 0 Å². The zero-order chi connectivity index (χ0) is 25.1. The van der Waals surface area contributed by atoms with Crippen LogP contribution in [-0.2, 0) is 29.7 Å². The summed E-state index contributed by atoms with van der Waals surface area (Å²) in [5.74, 6) is 0.934. The number of para-hydroxylation sites is 1. The van der Waals surface area contributed by atoms with Crippen LogP contribution in [0.2, 0.25) is 0 Å². The van der Waals surface area contributed by atoms with E-state index >= 15 is 0 Å². The van der Waals surface area contributed by atoms with Gasteiger partial charge in [-0.25, -0.2) is 0 Å². The van der Waals surface area contributed by atoms with Crippen molar-refractivity contribution in [3.05, 3.63) is 65.9 Å². The van der Waals surface area contributed by atoms with Crippen molar-refractivity contribution in [1.82, 2.24) is 25.4 Å². The molecule has 8 heteroatoms. The maximum atomic E-state index is 12.6. The molecule has 5 rings (SSSR count). The number of methoxy groups -OCH3 is 1. The highest BCUT2D eigenvalue weighted by atomic mass is 16.5. The molecule has 0 bridgehead atoms. The third kappa shape index (κ3) is 5.24. The predicted molar refractivity (Wildman–Crippen MR) is 140 cm³/mol. The van der Waals surface area contributed by atoms with Gasteiger partial charge in [-0.2, -0.15) is 0 Å². The molecule has 190 valence electrons. The van der Waals surface area contributed by atoms with Gasteiger partial charge in [-0.3, -0.25) is 14.5 Å². The van der Waals surface area contributed by atoms with Crippen LogP contribution in [0.15, 0.2) is 54.7 Å². The second-order valence-electron chi connectivity index (χ2n) is 9.87. The van der Waals surface area contributed by atoms with E-state index in [4.69, 9.17) is 4.74 Å². The molecule has 3 atom stereocenters. The van der Waals surface area contributed by atoms with Gasteiger partial charge < -0.3 is 25.3 Å². The Bertz CT molecular complexity index is 1220. The van der Waals surface area contributed by atoms with Crippen LogP contribution in [-0.4, -0.2) is 59.6 Å². The Morgan fingerprint density at radius 1 is 1.14 bits per heavy atom. The van der Waals surface area contributed by atoms with Gasteiger partial charge in [0.15, 0.2) is 0 Å². The highest BCUT2D eigenvalue weighted by molar-refractivity contribution is 5.84. The molecule has 0 saturated carbocycles. The SMILES string of the molecule is COc1ccc(CNC(=O)CC[C@@H]2CNC(=O)[C@H]3C[C@@H](NCc4cn(C)c5ccccc45)CN23)cc1. The summed E-state index contributed by atoms with van der Waals surface area (Å²) in [5.41, 5.74) is 3.53. The molecule has 2 amide bonds. The number of aryl methyl sites for hydroxylation is 1. The van der Waals surface area contributed by atoms with Crippen LogP contribution < -0.4 is 20.7 Å². The number of fused-ring (bicyclic) bond motifs is 2. The predicted octanol–water partition coefficient (Wildman–Crippen LogP) is 2.31. The molecule has 3 aromatic rings.